The molecule has 5 heteroatoms. The molecule has 1 aromatic rings. The Hall–Kier alpha value is -2.04. The molecule has 1 aliphatic heterocycles. The number of nitrogens with one attached hydrogen (secondary N) is 1. The summed E-state index contributed by atoms with van der Waals surface area (Å²) < 4.78 is 5.34. The number of amides is 2. The Kier molecular flexibility index (Phi) is 3.70. The van der Waals surface area contributed by atoms with Gasteiger partial charge in [0.25, 0.3) is 5.91 Å². The summed E-state index contributed by atoms with van der Waals surface area (Å²) in [7, 11) is 1.70. The molecule has 0 radical (unpaired) electrons. The van der Waals surface area contributed by atoms with E-state index in [2.05, 4.69) is 5.32 Å². The van der Waals surface area contributed by atoms with E-state index in [1.54, 1.807) is 25.2 Å². The van der Waals surface area contributed by atoms with Crippen LogP contribution in [0.5, 0.6) is 5.75 Å². The van der Waals surface area contributed by atoms with Gasteiger partial charge < -0.3 is 15.0 Å². The Morgan fingerprint density at radius 2 is 2.10 bits per heavy atom. The van der Waals surface area contributed by atoms with Crippen LogP contribution in [0.3, 0.4) is 0 Å². The molecule has 20 heavy (non-hydrogen) atoms. The summed E-state index contributed by atoms with van der Waals surface area (Å²) in [6.07, 6.45) is 0.440. The topological polar surface area (TPSA) is 58.6 Å². The molecule has 0 bridgehead atoms. The van der Waals surface area contributed by atoms with Crippen LogP contribution in [0.1, 0.15) is 27.2 Å². The zero-order valence-electron chi connectivity index (χ0n) is 12.3. The quantitative estimate of drug-likeness (QED) is 0.902. The number of hydrogen-bond acceptors (Lipinski definition) is 3. The second-order valence-corrected chi connectivity index (χ2v) is 6.21. The van der Waals surface area contributed by atoms with E-state index in [0.717, 1.165) is 0 Å². The molecule has 108 valence electrons. The summed E-state index contributed by atoms with van der Waals surface area (Å²) in [6, 6.07) is 5.31. The summed E-state index contributed by atoms with van der Waals surface area (Å²) >= 11 is 0. The van der Waals surface area contributed by atoms with Crippen LogP contribution in [-0.2, 0) is 9.59 Å². The highest BCUT2D eigenvalue weighted by Crippen LogP contribution is 2.33. The van der Waals surface area contributed by atoms with E-state index >= 15 is 0 Å². The highest BCUT2D eigenvalue weighted by molar-refractivity contribution is 5.99. The maximum absolute atomic E-state index is 11.9. The molecular formula is C15H20N2O3. The fourth-order valence-electron chi connectivity index (χ4n) is 2.04. The van der Waals surface area contributed by atoms with Crippen LogP contribution >= 0.6 is 0 Å². The number of fused-ring (bicyclic) bond motifs is 1. The lowest BCUT2D eigenvalue weighted by molar-refractivity contribution is -0.121. The smallest absolute Gasteiger partial charge is 0.264 e. The lowest BCUT2D eigenvalue weighted by Gasteiger charge is -2.26. The average Bonchev–Trinajstić information content (AvgIpc) is 2.32. The Labute approximate surface area is 118 Å². The molecule has 0 saturated heterocycles. The average molecular weight is 276 g/mol. The Morgan fingerprint density at radius 3 is 2.75 bits per heavy atom. The van der Waals surface area contributed by atoms with Gasteiger partial charge in [-0.15, -0.1) is 0 Å². The van der Waals surface area contributed by atoms with E-state index in [1.165, 1.54) is 4.90 Å². The summed E-state index contributed by atoms with van der Waals surface area (Å²) in [5.74, 6) is 0.514. The van der Waals surface area contributed by atoms with Gasteiger partial charge in [0.15, 0.2) is 6.61 Å². The SMILES string of the molecule is CN1C(=O)COc2ccc(NC(=O)CC(C)(C)C)cc21. The van der Waals surface area contributed by atoms with Crippen LogP contribution in [0.4, 0.5) is 11.4 Å². The highest BCUT2D eigenvalue weighted by atomic mass is 16.5. The molecule has 2 amide bonds. The molecule has 1 aromatic carbocycles. The Bertz CT molecular complexity index is 547. The monoisotopic (exact) mass is 276 g/mol. The molecule has 0 aliphatic carbocycles. The van der Waals surface area contributed by atoms with Crippen molar-refractivity contribution in [3.8, 4) is 5.75 Å². The number of likely N-dealkylation sites (N-methyl/N-ethyl adjacent to an activating group) is 1. The second kappa shape index (κ2) is 5.15. The molecule has 0 atom stereocenters. The van der Waals surface area contributed by atoms with Gasteiger partial charge >= 0.3 is 0 Å². The molecule has 2 rings (SSSR count). The first-order valence-corrected chi connectivity index (χ1v) is 6.59. The molecular weight excluding hydrogens is 256 g/mol. The zero-order chi connectivity index (χ0) is 14.9. The number of benzene rings is 1. The zero-order valence-corrected chi connectivity index (χ0v) is 12.3. The molecule has 0 aromatic heterocycles. The summed E-state index contributed by atoms with van der Waals surface area (Å²) in [4.78, 5) is 25.1. The summed E-state index contributed by atoms with van der Waals surface area (Å²) in [6.45, 7) is 6.10. The van der Waals surface area contributed by atoms with Crippen molar-refractivity contribution in [2.24, 2.45) is 5.41 Å². The third kappa shape index (κ3) is 3.29. The van der Waals surface area contributed by atoms with Gasteiger partial charge in [0.2, 0.25) is 5.91 Å². The molecule has 0 fully saturated rings. The van der Waals surface area contributed by atoms with Crippen molar-refractivity contribution >= 4 is 23.2 Å². The molecule has 1 aliphatic rings. The van der Waals surface area contributed by atoms with E-state index in [9.17, 15) is 9.59 Å². The standard InChI is InChI=1S/C15H20N2O3/c1-15(2,3)8-13(18)16-10-5-6-12-11(7-10)17(4)14(19)9-20-12/h5-7H,8-9H2,1-4H3,(H,16,18). The van der Waals surface area contributed by atoms with Gasteiger partial charge in [-0.2, -0.15) is 0 Å². The molecule has 0 saturated carbocycles. The van der Waals surface area contributed by atoms with Crippen molar-refractivity contribution in [2.45, 2.75) is 27.2 Å². The molecule has 1 N–H and O–H groups in total. The van der Waals surface area contributed by atoms with Gasteiger partial charge in [-0.1, -0.05) is 20.8 Å². The van der Waals surface area contributed by atoms with E-state index < -0.39 is 0 Å². The largest absolute Gasteiger partial charge is 0.482 e. The van der Waals surface area contributed by atoms with Gasteiger partial charge in [0.05, 0.1) is 5.69 Å². The third-order valence-corrected chi connectivity index (χ3v) is 3.02. The van der Waals surface area contributed by atoms with Gasteiger partial charge in [-0.25, -0.2) is 0 Å². The van der Waals surface area contributed by atoms with Gasteiger partial charge in [0, 0.05) is 19.2 Å². The van der Waals surface area contributed by atoms with Crippen LogP contribution in [0.2, 0.25) is 0 Å². The second-order valence-electron chi connectivity index (χ2n) is 6.21. The number of anilines is 2. The first kappa shape index (κ1) is 14.4. The summed E-state index contributed by atoms with van der Waals surface area (Å²) in [5.41, 5.74) is 1.28. The third-order valence-electron chi connectivity index (χ3n) is 3.02. The maximum Gasteiger partial charge on any atom is 0.264 e. The first-order valence-electron chi connectivity index (χ1n) is 6.59. The number of nitrogens with zero attached hydrogens (tertiary/aromatic N) is 1. The van der Waals surface area contributed by atoms with Crippen LogP contribution in [0.25, 0.3) is 0 Å². The Morgan fingerprint density at radius 1 is 1.40 bits per heavy atom. The van der Waals surface area contributed by atoms with Crippen molar-refractivity contribution in [3.63, 3.8) is 0 Å². The highest BCUT2D eigenvalue weighted by Gasteiger charge is 2.23. The molecule has 0 unspecified atom stereocenters. The van der Waals surface area contributed by atoms with Crippen molar-refractivity contribution < 1.29 is 14.3 Å². The minimum absolute atomic E-state index is 0.0387. The molecule has 1 heterocycles. The normalized spacial score (nSPS) is 14.6. The fourth-order valence-corrected chi connectivity index (χ4v) is 2.04. The first-order chi connectivity index (χ1) is 9.26. The van der Waals surface area contributed by atoms with Gasteiger partial charge in [0.1, 0.15) is 5.75 Å². The predicted octanol–water partition coefficient (Wildman–Crippen LogP) is 2.42. The van der Waals surface area contributed by atoms with E-state index in [4.69, 9.17) is 4.74 Å². The minimum atomic E-state index is -0.101. The number of hydrogen-bond donors (Lipinski definition) is 1. The van der Waals surface area contributed by atoms with E-state index in [1.807, 2.05) is 20.8 Å². The minimum Gasteiger partial charge on any atom is -0.482 e. The number of ether oxygens (including phenoxy) is 1. The molecule has 5 nitrogen and oxygen atoms in total. The van der Waals surface area contributed by atoms with Crippen LogP contribution in [0.15, 0.2) is 18.2 Å². The van der Waals surface area contributed by atoms with E-state index in [0.29, 0.717) is 23.5 Å². The van der Waals surface area contributed by atoms with Crippen LogP contribution in [0, 0.1) is 5.41 Å². The van der Waals surface area contributed by atoms with Crippen molar-refractivity contribution in [1.82, 2.24) is 0 Å². The van der Waals surface area contributed by atoms with Crippen molar-refractivity contribution in [3.05, 3.63) is 18.2 Å². The van der Waals surface area contributed by atoms with Gasteiger partial charge in [-0.3, -0.25) is 9.59 Å². The van der Waals surface area contributed by atoms with Crippen molar-refractivity contribution in [2.75, 3.05) is 23.9 Å². The lowest BCUT2D eigenvalue weighted by atomic mass is 9.92. The van der Waals surface area contributed by atoms with E-state index in [-0.39, 0.29) is 23.8 Å². The predicted molar refractivity (Wildman–Crippen MR) is 78.0 cm³/mol. The van der Waals surface area contributed by atoms with Crippen LogP contribution in [-0.4, -0.2) is 25.5 Å². The Balaban J connectivity index is 2.15. The number of carbonyl (C=O) groups is 2. The summed E-state index contributed by atoms with van der Waals surface area (Å²) in [5, 5.41) is 2.85. The number of rotatable bonds is 2. The van der Waals surface area contributed by atoms with Crippen LogP contribution < -0.4 is 15.0 Å². The fraction of sp³-hybridized carbons (Fsp3) is 0.467. The van der Waals surface area contributed by atoms with Crippen molar-refractivity contribution in [1.29, 1.82) is 0 Å². The number of carbonyl (C=O) groups excluding carboxylic acids is 2. The lowest BCUT2D eigenvalue weighted by Crippen LogP contribution is -2.35. The van der Waals surface area contributed by atoms with Gasteiger partial charge in [-0.05, 0) is 23.6 Å². The molecule has 0 spiro atoms. The maximum atomic E-state index is 11.9.